The molecule has 0 bridgehead atoms. The van der Waals surface area contributed by atoms with Gasteiger partial charge in [0.1, 0.15) is 0 Å². The number of hydrogen-bond donors (Lipinski definition) is 1. The summed E-state index contributed by atoms with van der Waals surface area (Å²) in [6, 6.07) is 1.92. The zero-order valence-electron chi connectivity index (χ0n) is 7.12. The highest BCUT2D eigenvalue weighted by Crippen LogP contribution is 2.14. The summed E-state index contributed by atoms with van der Waals surface area (Å²) in [5.74, 6) is 0. The van der Waals surface area contributed by atoms with Crippen LogP contribution in [-0.2, 0) is 6.54 Å². The molecule has 2 N–H and O–H groups in total. The van der Waals surface area contributed by atoms with E-state index in [0.717, 1.165) is 6.54 Å². The van der Waals surface area contributed by atoms with Crippen LogP contribution in [0.2, 0.25) is 0 Å². The molecule has 0 atom stereocenters. The van der Waals surface area contributed by atoms with Crippen LogP contribution < -0.4 is 5.73 Å². The third kappa shape index (κ3) is 2.35. The molecule has 0 aromatic carbocycles. The van der Waals surface area contributed by atoms with Crippen molar-refractivity contribution in [1.29, 1.82) is 0 Å². The van der Waals surface area contributed by atoms with Gasteiger partial charge in [-0.2, -0.15) is 5.10 Å². The van der Waals surface area contributed by atoms with Gasteiger partial charge in [-0.25, -0.2) is 0 Å². The van der Waals surface area contributed by atoms with E-state index in [-0.39, 0.29) is 5.41 Å². The van der Waals surface area contributed by atoms with Gasteiger partial charge in [0.2, 0.25) is 0 Å². The van der Waals surface area contributed by atoms with Gasteiger partial charge in [0, 0.05) is 18.9 Å². The van der Waals surface area contributed by atoms with Crippen LogP contribution >= 0.6 is 0 Å². The van der Waals surface area contributed by atoms with Gasteiger partial charge in [-0.3, -0.25) is 4.68 Å². The summed E-state index contributed by atoms with van der Waals surface area (Å²) in [5, 5.41) is 4.11. The average molecular weight is 153 g/mol. The van der Waals surface area contributed by atoms with Gasteiger partial charge < -0.3 is 5.73 Å². The van der Waals surface area contributed by atoms with Gasteiger partial charge in [-0.1, -0.05) is 13.8 Å². The normalized spacial score (nSPS) is 11.9. The molecule has 1 heterocycles. The number of rotatable bonds is 3. The molecule has 0 amide bonds. The van der Waals surface area contributed by atoms with Crippen molar-refractivity contribution in [3.8, 4) is 0 Å². The van der Waals surface area contributed by atoms with Crippen LogP contribution in [0.5, 0.6) is 0 Å². The fourth-order valence-corrected chi connectivity index (χ4v) is 0.897. The van der Waals surface area contributed by atoms with E-state index >= 15 is 0 Å². The molecule has 3 heteroatoms. The fourth-order valence-electron chi connectivity index (χ4n) is 0.897. The summed E-state index contributed by atoms with van der Waals surface area (Å²) >= 11 is 0. The Kier molecular flexibility index (Phi) is 2.29. The van der Waals surface area contributed by atoms with Crippen LogP contribution in [-0.4, -0.2) is 16.3 Å². The van der Waals surface area contributed by atoms with Gasteiger partial charge in [0.15, 0.2) is 0 Å². The number of hydrogen-bond acceptors (Lipinski definition) is 2. The summed E-state index contributed by atoms with van der Waals surface area (Å²) in [7, 11) is 0. The first kappa shape index (κ1) is 8.27. The maximum atomic E-state index is 5.58. The maximum Gasteiger partial charge on any atom is 0.0489 e. The van der Waals surface area contributed by atoms with Crippen LogP contribution in [0.25, 0.3) is 0 Å². The van der Waals surface area contributed by atoms with Crippen LogP contribution in [0, 0.1) is 5.41 Å². The van der Waals surface area contributed by atoms with Crippen LogP contribution in [0.1, 0.15) is 13.8 Å². The first-order valence-electron chi connectivity index (χ1n) is 3.81. The van der Waals surface area contributed by atoms with E-state index in [1.54, 1.807) is 6.20 Å². The highest BCUT2D eigenvalue weighted by atomic mass is 15.3. The molecule has 0 saturated carbocycles. The highest BCUT2D eigenvalue weighted by Gasteiger charge is 2.15. The molecule has 62 valence electrons. The van der Waals surface area contributed by atoms with Gasteiger partial charge in [-0.05, 0) is 18.0 Å². The third-order valence-corrected chi connectivity index (χ3v) is 1.70. The second-order valence-electron chi connectivity index (χ2n) is 3.57. The third-order valence-electron chi connectivity index (χ3n) is 1.70. The molecule has 11 heavy (non-hydrogen) atoms. The van der Waals surface area contributed by atoms with Crippen molar-refractivity contribution >= 4 is 0 Å². The topological polar surface area (TPSA) is 43.8 Å². The van der Waals surface area contributed by atoms with Crippen LogP contribution in [0.15, 0.2) is 18.5 Å². The Morgan fingerprint density at radius 2 is 2.27 bits per heavy atom. The molecule has 0 aliphatic rings. The number of nitrogens with two attached hydrogens (primary N) is 1. The zero-order chi connectivity index (χ0) is 8.32. The highest BCUT2D eigenvalue weighted by molar-refractivity contribution is 4.80. The molecule has 3 nitrogen and oxygen atoms in total. The summed E-state index contributed by atoms with van der Waals surface area (Å²) in [6.45, 7) is 5.84. The van der Waals surface area contributed by atoms with Crippen molar-refractivity contribution in [3.63, 3.8) is 0 Å². The molecule has 1 aromatic rings. The Morgan fingerprint density at radius 3 is 2.73 bits per heavy atom. The lowest BCUT2D eigenvalue weighted by molar-refractivity contribution is 0.302. The van der Waals surface area contributed by atoms with Crippen molar-refractivity contribution < 1.29 is 0 Å². The lowest BCUT2D eigenvalue weighted by atomic mass is 9.94. The monoisotopic (exact) mass is 153 g/mol. The van der Waals surface area contributed by atoms with E-state index in [0.29, 0.717) is 6.54 Å². The van der Waals surface area contributed by atoms with E-state index in [1.807, 2.05) is 16.9 Å². The molecule has 0 spiro atoms. The van der Waals surface area contributed by atoms with Crippen molar-refractivity contribution in [1.82, 2.24) is 9.78 Å². The molecule has 0 saturated heterocycles. The van der Waals surface area contributed by atoms with Crippen molar-refractivity contribution in [2.75, 3.05) is 6.54 Å². The standard InChI is InChI=1S/C8H15N3/c1-8(2,6-9)7-11-5-3-4-10-11/h3-5H,6-7,9H2,1-2H3. The first-order valence-corrected chi connectivity index (χ1v) is 3.81. The molecule has 1 rings (SSSR count). The van der Waals surface area contributed by atoms with Gasteiger partial charge in [0.25, 0.3) is 0 Å². The second kappa shape index (κ2) is 3.05. The van der Waals surface area contributed by atoms with E-state index < -0.39 is 0 Å². The molecular weight excluding hydrogens is 138 g/mol. The predicted molar refractivity (Wildman–Crippen MR) is 45.1 cm³/mol. The molecule has 0 fully saturated rings. The van der Waals surface area contributed by atoms with Crippen molar-refractivity contribution in [2.45, 2.75) is 20.4 Å². The zero-order valence-corrected chi connectivity index (χ0v) is 7.12. The predicted octanol–water partition coefficient (Wildman–Crippen LogP) is 0.868. The Morgan fingerprint density at radius 1 is 1.55 bits per heavy atom. The quantitative estimate of drug-likeness (QED) is 0.700. The second-order valence-corrected chi connectivity index (χ2v) is 3.57. The minimum absolute atomic E-state index is 0.145. The lowest BCUT2D eigenvalue weighted by Gasteiger charge is -2.21. The SMILES string of the molecule is CC(C)(CN)Cn1cccn1. The van der Waals surface area contributed by atoms with Crippen LogP contribution in [0.4, 0.5) is 0 Å². The van der Waals surface area contributed by atoms with Crippen molar-refractivity contribution in [2.24, 2.45) is 11.1 Å². The summed E-state index contributed by atoms with van der Waals surface area (Å²) in [6.07, 6.45) is 3.74. The summed E-state index contributed by atoms with van der Waals surface area (Å²) in [4.78, 5) is 0. The minimum Gasteiger partial charge on any atom is -0.330 e. The van der Waals surface area contributed by atoms with Gasteiger partial charge in [-0.15, -0.1) is 0 Å². The van der Waals surface area contributed by atoms with E-state index in [4.69, 9.17) is 5.73 Å². The Labute approximate surface area is 67.2 Å². The Bertz CT molecular complexity index is 201. The molecular formula is C8H15N3. The molecule has 0 aliphatic carbocycles. The number of nitrogens with zero attached hydrogens (tertiary/aromatic N) is 2. The fraction of sp³-hybridized carbons (Fsp3) is 0.625. The van der Waals surface area contributed by atoms with Crippen LogP contribution in [0.3, 0.4) is 0 Å². The average Bonchev–Trinajstić information content (AvgIpc) is 2.39. The van der Waals surface area contributed by atoms with E-state index in [1.165, 1.54) is 0 Å². The number of aromatic nitrogens is 2. The van der Waals surface area contributed by atoms with Gasteiger partial charge in [0.05, 0.1) is 0 Å². The maximum absolute atomic E-state index is 5.58. The lowest BCUT2D eigenvalue weighted by Crippen LogP contribution is -2.28. The first-order chi connectivity index (χ1) is 5.14. The smallest absolute Gasteiger partial charge is 0.0489 e. The van der Waals surface area contributed by atoms with Crippen molar-refractivity contribution in [3.05, 3.63) is 18.5 Å². The summed E-state index contributed by atoms with van der Waals surface area (Å²) in [5.41, 5.74) is 5.73. The summed E-state index contributed by atoms with van der Waals surface area (Å²) < 4.78 is 1.91. The molecule has 0 unspecified atom stereocenters. The Hall–Kier alpha value is -0.830. The van der Waals surface area contributed by atoms with E-state index in [9.17, 15) is 0 Å². The van der Waals surface area contributed by atoms with E-state index in [2.05, 4.69) is 18.9 Å². The minimum atomic E-state index is 0.145. The molecule has 1 aromatic heterocycles. The Balaban J connectivity index is 2.56. The molecule has 0 radical (unpaired) electrons. The largest absolute Gasteiger partial charge is 0.330 e. The van der Waals surface area contributed by atoms with Gasteiger partial charge >= 0.3 is 0 Å². The molecule has 0 aliphatic heterocycles.